The molecule has 1 heterocycles. The number of nitrogens with one attached hydrogen (secondary N) is 1. The summed E-state index contributed by atoms with van der Waals surface area (Å²) in [5, 5.41) is 13.2. The number of halogens is 2. The van der Waals surface area contributed by atoms with Gasteiger partial charge in [0.2, 0.25) is 0 Å². The summed E-state index contributed by atoms with van der Waals surface area (Å²) in [6.07, 6.45) is 0. The third-order valence-electron chi connectivity index (χ3n) is 2.84. The number of hydrogen-bond donors (Lipinski definition) is 2. The van der Waals surface area contributed by atoms with Crippen LogP contribution < -0.4 is 5.32 Å². The molecule has 0 spiro atoms. The molecule has 2 rings (SSSR count). The van der Waals surface area contributed by atoms with Crippen LogP contribution in [0.3, 0.4) is 0 Å². The minimum atomic E-state index is -0.786. The van der Waals surface area contributed by atoms with Crippen LogP contribution in [0.2, 0.25) is 10.0 Å². The lowest BCUT2D eigenvalue weighted by Gasteiger charge is -2.15. The zero-order chi connectivity index (χ0) is 11.7. The topological polar surface area (TPSA) is 49.3 Å². The van der Waals surface area contributed by atoms with Crippen LogP contribution in [0.15, 0.2) is 18.2 Å². The van der Waals surface area contributed by atoms with Crippen LogP contribution in [0, 0.1) is 5.92 Å². The zero-order valence-electron chi connectivity index (χ0n) is 8.41. The van der Waals surface area contributed by atoms with Gasteiger partial charge >= 0.3 is 5.97 Å². The van der Waals surface area contributed by atoms with E-state index in [1.807, 2.05) is 0 Å². The quantitative estimate of drug-likeness (QED) is 0.858. The summed E-state index contributed by atoms with van der Waals surface area (Å²) in [5.74, 6) is -1.26. The van der Waals surface area contributed by atoms with E-state index < -0.39 is 11.9 Å². The van der Waals surface area contributed by atoms with E-state index in [9.17, 15) is 4.79 Å². The monoisotopic (exact) mass is 259 g/mol. The van der Waals surface area contributed by atoms with Crippen molar-refractivity contribution in [3.05, 3.63) is 33.8 Å². The van der Waals surface area contributed by atoms with E-state index in [0.717, 1.165) is 5.56 Å². The molecule has 16 heavy (non-hydrogen) atoms. The van der Waals surface area contributed by atoms with E-state index in [2.05, 4.69) is 5.32 Å². The Morgan fingerprint density at radius 3 is 2.44 bits per heavy atom. The lowest BCUT2D eigenvalue weighted by Crippen LogP contribution is -2.21. The summed E-state index contributed by atoms with van der Waals surface area (Å²) in [6.45, 7) is 1.14. The van der Waals surface area contributed by atoms with Crippen molar-refractivity contribution in [3.63, 3.8) is 0 Å². The SMILES string of the molecule is O=C(O)C1CNCC1c1cc(Cl)cc(Cl)c1. The van der Waals surface area contributed by atoms with E-state index in [0.29, 0.717) is 23.1 Å². The Morgan fingerprint density at radius 2 is 1.88 bits per heavy atom. The van der Waals surface area contributed by atoms with Crippen molar-refractivity contribution < 1.29 is 9.90 Å². The molecular weight excluding hydrogens is 249 g/mol. The molecule has 1 aliphatic rings. The second-order valence-electron chi connectivity index (χ2n) is 3.91. The van der Waals surface area contributed by atoms with Crippen LogP contribution in [0.4, 0.5) is 0 Å². The molecule has 0 saturated carbocycles. The first-order chi connectivity index (χ1) is 7.58. The fourth-order valence-electron chi connectivity index (χ4n) is 2.08. The molecule has 0 bridgehead atoms. The van der Waals surface area contributed by atoms with Gasteiger partial charge in [-0.05, 0) is 23.8 Å². The molecule has 1 aromatic rings. The summed E-state index contributed by atoms with van der Waals surface area (Å²) in [4.78, 5) is 11.0. The maximum absolute atomic E-state index is 11.0. The molecule has 1 aliphatic heterocycles. The third-order valence-corrected chi connectivity index (χ3v) is 3.28. The molecular formula is C11H11Cl2NO2. The van der Waals surface area contributed by atoms with Crippen molar-refractivity contribution in [1.82, 2.24) is 5.32 Å². The van der Waals surface area contributed by atoms with E-state index in [1.165, 1.54) is 0 Å². The second-order valence-corrected chi connectivity index (χ2v) is 4.79. The van der Waals surface area contributed by atoms with Gasteiger partial charge in [0, 0.05) is 29.1 Å². The summed E-state index contributed by atoms with van der Waals surface area (Å²) in [6, 6.07) is 5.20. The molecule has 2 unspecified atom stereocenters. The molecule has 2 atom stereocenters. The molecule has 0 amide bonds. The lowest BCUT2D eigenvalue weighted by molar-refractivity contribution is -0.141. The molecule has 1 aromatic carbocycles. The minimum Gasteiger partial charge on any atom is -0.481 e. The molecule has 0 aromatic heterocycles. The fraction of sp³-hybridized carbons (Fsp3) is 0.364. The molecule has 5 heteroatoms. The number of carbonyl (C=O) groups is 1. The molecule has 1 saturated heterocycles. The Labute approximate surface area is 103 Å². The second kappa shape index (κ2) is 4.62. The molecule has 2 N–H and O–H groups in total. The van der Waals surface area contributed by atoms with Gasteiger partial charge in [-0.15, -0.1) is 0 Å². The Kier molecular flexibility index (Phi) is 3.38. The smallest absolute Gasteiger partial charge is 0.308 e. The molecule has 0 radical (unpaired) electrons. The minimum absolute atomic E-state index is 0.0614. The van der Waals surface area contributed by atoms with Gasteiger partial charge in [0.05, 0.1) is 5.92 Å². The Morgan fingerprint density at radius 1 is 1.25 bits per heavy atom. The highest BCUT2D eigenvalue weighted by Crippen LogP contribution is 2.31. The first kappa shape index (κ1) is 11.7. The van der Waals surface area contributed by atoms with Crippen LogP contribution in [-0.2, 0) is 4.79 Å². The predicted molar refractivity (Wildman–Crippen MR) is 63.2 cm³/mol. The van der Waals surface area contributed by atoms with Gasteiger partial charge in [0.25, 0.3) is 0 Å². The van der Waals surface area contributed by atoms with Crippen molar-refractivity contribution in [1.29, 1.82) is 0 Å². The van der Waals surface area contributed by atoms with Gasteiger partial charge in [-0.2, -0.15) is 0 Å². The first-order valence-corrected chi connectivity index (χ1v) is 5.73. The Hall–Kier alpha value is -0.770. The van der Waals surface area contributed by atoms with Crippen LogP contribution in [0.5, 0.6) is 0 Å². The van der Waals surface area contributed by atoms with Crippen LogP contribution in [0.1, 0.15) is 11.5 Å². The number of rotatable bonds is 2. The van der Waals surface area contributed by atoms with Crippen molar-refractivity contribution in [2.75, 3.05) is 13.1 Å². The van der Waals surface area contributed by atoms with E-state index in [1.54, 1.807) is 18.2 Å². The van der Waals surface area contributed by atoms with Gasteiger partial charge in [0.1, 0.15) is 0 Å². The van der Waals surface area contributed by atoms with Crippen LogP contribution in [0.25, 0.3) is 0 Å². The normalized spacial score (nSPS) is 24.6. The van der Waals surface area contributed by atoms with Gasteiger partial charge in [0.15, 0.2) is 0 Å². The van der Waals surface area contributed by atoms with Crippen LogP contribution in [-0.4, -0.2) is 24.2 Å². The fourth-order valence-corrected chi connectivity index (χ4v) is 2.62. The third kappa shape index (κ3) is 2.32. The predicted octanol–water partition coefficient (Wildman–Crippen LogP) is 2.38. The molecule has 3 nitrogen and oxygen atoms in total. The molecule has 1 fully saturated rings. The highest BCUT2D eigenvalue weighted by Gasteiger charge is 2.34. The average Bonchev–Trinajstić information content (AvgIpc) is 2.63. The average molecular weight is 260 g/mol. The van der Waals surface area contributed by atoms with E-state index >= 15 is 0 Å². The number of hydrogen-bond acceptors (Lipinski definition) is 2. The summed E-state index contributed by atoms with van der Waals surface area (Å²) < 4.78 is 0. The van der Waals surface area contributed by atoms with E-state index in [-0.39, 0.29) is 5.92 Å². The van der Waals surface area contributed by atoms with Gasteiger partial charge in [-0.3, -0.25) is 4.79 Å². The van der Waals surface area contributed by atoms with Gasteiger partial charge < -0.3 is 10.4 Å². The number of benzene rings is 1. The van der Waals surface area contributed by atoms with E-state index in [4.69, 9.17) is 28.3 Å². The largest absolute Gasteiger partial charge is 0.481 e. The van der Waals surface area contributed by atoms with Crippen molar-refractivity contribution in [3.8, 4) is 0 Å². The molecule has 0 aliphatic carbocycles. The van der Waals surface area contributed by atoms with Crippen LogP contribution >= 0.6 is 23.2 Å². The van der Waals surface area contributed by atoms with Gasteiger partial charge in [-0.25, -0.2) is 0 Å². The lowest BCUT2D eigenvalue weighted by atomic mass is 9.89. The van der Waals surface area contributed by atoms with Gasteiger partial charge in [-0.1, -0.05) is 23.2 Å². The number of carboxylic acids is 1. The maximum atomic E-state index is 11.0. The Balaban J connectivity index is 2.32. The Bertz CT molecular complexity index is 402. The summed E-state index contributed by atoms with van der Waals surface area (Å²) in [7, 11) is 0. The highest BCUT2D eigenvalue weighted by molar-refractivity contribution is 6.34. The van der Waals surface area contributed by atoms with Crippen molar-refractivity contribution in [2.24, 2.45) is 5.92 Å². The first-order valence-electron chi connectivity index (χ1n) is 4.97. The summed E-state index contributed by atoms with van der Waals surface area (Å²) >= 11 is 11.8. The number of aliphatic carboxylic acids is 1. The van der Waals surface area contributed by atoms with Crippen molar-refractivity contribution in [2.45, 2.75) is 5.92 Å². The molecule has 86 valence electrons. The maximum Gasteiger partial charge on any atom is 0.308 e. The standard InChI is InChI=1S/C11H11Cl2NO2/c12-7-1-6(2-8(13)3-7)9-4-14-5-10(9)11(15)16/h1-3,9-10,14H,4-5H2,(H,15,16). The number of carboxylic acid groups (broad SMARTS) is 1. The van der Waals surface area contributed by atoms with Crippen molar-refractivity contribution >= 4 is 29.2 Å². The zero-order valence-corrected chi connectivity index (χ0v) is 9.92. The highest BCUT2D eigenvalue weighted by atomic mass is 35.5. The summed E-state index contributed by atoms with van der Waals surface area (Å²) in [5.41, 5.74) is 0.884.